The Labute approximate surface area is 149 Å². The Kier molecular flexibility index (Phi) is 5.24. The maximum Gasteiger partial charge on any atom is 0.254 e. The molecule has 2 aromatic carbocycles. The van der Waals surface area contributed by atoms with Gasteiger partial charge in [0.15, 0.2) is 0 Å². The molecule has 2 aromatic rings. The Balaban J connectivity index is 1.59. The quantitative estimate of drug-likeness (QED) is 0.870. The van der Waals surface area contributed by atoms with Crippen LogP contribution in [0, 0.1) is 6.92 Å². The minimum atomic E-state index is 0.0712. The summed E-state index contributed by atoms with van der Waals surface area (Å²) in [5.74, 6) is 0.827. The van der Waals surface area contributed by atoms with Crippen LogP contribution in [0.1, 0.15) is 21.5 Å². The van der Waals surface area contributed by atoms with Crippen LogP contribution in [0.4, 0.5) is 5.69 Å². The van der Waals surface area contributed by atoms with Gasteiger partial charge in [-0.05, 0) is 42.3 Å². The lowest BCUT2D eigenvalue weighted by Gasteiger charge is -2.35. The molecule has 5 heteroatoms. The molecule has 0 aliphatic carbocycles. The Morgan fingerprint density at radius 2 is 1.88 bits per heavy atom. The summed E-state index contributed by atoms with van der Waals surface area (Å²) in [6.07, 6.45) is 0. The predicted octanol–water partition coefficient (Wildman–Crippen LogP) is 2.54. The molecule has 1 fully saturated rings. The average Bonchev–Trinajstić information content (AvgIpc) is 2.62. The highest BCUT2D eigenvalue weighted by Gasteiger charge is 2.22. The molecule has 5 nitrogen and oxygen atoms in total. The van der Waals surface area contributed by atoms with Gasteiger partial charge in [0.1, 0.15) is 5.75 Å². The number of hydrogen-bond donors (Lipinski definition) is 1. The molecule has 25 heavy (non-hydrogen) atoms. The van der Waals surface area contributed by atoms with Gasteiger partial charge in [-0.2, -0.15) is 0 Å². The first-order valence-corrected chi connectivity index (χ1v) is 8.57. The second-order valence-electron chi connectivity index (χ2n) is 6.50. The molecule has 0 saturated carbocycles. The van der Waals surface area contributed by atoms with Crippen LogP contribution in [0.25, 0.3) is 0 Å². The summed E-state index contributed by atoms with van der Waals surface area (Å²) >= 11 is 0. The van der Waals surface area contributed by atoms with Crippen molar-refractivity contribution in [1.29, 1.82) is 0 Å². The number of amides is 1. The van der Waals surface area contributed by atoms with Gasteiger partial charge in [0.05, 0.1) is 7.11 Å². The van der Waals surface area contributed by atoms with Gasteiger partial charge < -0.3 is 15.4 Å². The fourth-order valence-corrected chi connectivity index (χ4v) is 3.19. The molecular weight excluding hydrogens is 314 g/mol. The van der Waals surface area contributed by atoms with Gasteiger partial charge in [0.25, 0.3) is 5.91 Å². The zero-order valence-corrected chi connectivity index (χ0v) is 14.9. The van der Waals surface area contributed by atoms with Crippen molar-refractivity contribution < 1.29 is 9.53 Å². The van der Waals surface area contributed by atoms with E-state index in [0.29, 0.717) is 5.56 Å². The van der Waals surface area contributed by atoms with Crippen molar-refractivity contribution >= 4 is 11.6 Å². The van der Waals surface area contributed by atoms with Crippen LogP contribution in [0.2, 0.25) is 0 Å². The number of ether oxygens (including phenoxy) is 1. The zero-order valence-electron chi connectivity index (χ0n) is 14.9. The molecule has 0 bridgehead atoms. The fraction of sp³-hybridized carbons (Fsp3) is 0.350. The summed E-state index contributed by atoms with van der Waals surface area (Å²) in [5, 5.41) is 0. The van der Waals surface area contributed by atoms with E-state index >= 15 is 0 Å². The average molecular weight is 339 g/mol. The number of aryl methyl sites for hydroxylation is 1. The van der Waals surface area contributed by atoms with E-state index in [0.717, 1.165) is 49.7 Å². The molecule has 132 valence electrons. The van der Waals surface area contributed by atoms with Gasteiger partial charge in [0, 0.05) is 44.0 Å². The first-order valence-electron chi connectivity index (χ1n) is 8.57. The molecule has 0 aromatic heterocycles. The third-order valence-electron chi connectivity index (χ3n) is 4.67. The van der Waals surface area contributed by atoms with E-state index in [1.54, 1.807) is 7.11 Å². The summed E-state index contributed by atoms with van der Waals surface area (Å²) in [7, 11) is 1.63. The number of anilines is 1. The number of piperazine rings is 1. The van der Waals surface area contributed by atoms with Gasteiger partial charge >= 0.3 is 0 Å². The van der Waals surface area contributed by atoms with Gasteiger partial charge in [-0.15, -0.1) is 0 Å². The fourth-order valence-electron chi connectivity index (χ4n) is 3.19. The predicted molar refractivity (Wildman–Crippen MR) is 99.8 cm³/mol. The SMILES string of the molecule is COc1cc(C(=O)N2CCN(Cc3cccc(N)c3)CC2)ccc1C. The lowest BCUT2D eigenvalue weighted by Crippen LogP contribution is -2.48. The highest BCUT2D eigenvalue weighted by Crippen LogP contribution is 2.21. The number of nitrogens with two attached hydrogens (primary N) is 1. The first-order chi connectivity index (χ1) is 12.1. The van der Waals surface area contributed by atoms with Crippen molar-refractivity contribution in [2.45, 2.75) is 13.5 Å². The topological polar surface area (TPSA) is 58.8 Å². The molecule has 1 amide bonds. The molecule has 0 unspecified atom stereocenters. The molecule has 1 saturated heterocycles. The minimum absolute atomic E-state index is 0.0712. The normalized spacial score (nSPS) is 15.2. The molecule has 3 rings (SSSR count). The maximum absolute atomic E-state index is 12.7. The van der Waals surface area contributed by atoms with Gasteiger partial charge in [-0.3, -0.25) is 9.69 Å². The smallest absolute Gasteiger partial charge is 0.254 e. The van der Waals surface area contributed by atoms with Crippen LogP contribution in [0.3, 0.4) is 0 Å². The van der Waals surface area contributed by atoms with E-state index in [1.165, 1.54) is 5.56 Å². The van der Waals surface area contributed by atoms with Gasteiger partial charge in [-0.25, -0.2) is 0 Å². The lowest BCUT2D eigenvalue weighted by molar-refractivity contribution is 0.0628. The van der Waals surface area contributed by atoms with Crippen molar-refractivity contribution in [3.05, 3.63) is 59.2 Å². The van der Waals surface area contributed by atoms with E-state index in [9.17, 15) is 4.79 Å². The number of nitrogen functional groups attached to an aromatic ring is 1. The van der Waals surface area contributed by atoms with Crippen LogP contribution in [0.15, 0.2) is 42.5 Å². The highest BCUT2D eigenvalue weighted by molar-refractivity contribution is 5.94. The summed E-state index contributed by atoms with van der Waals surface area (Å²) < 4.78 is 5.33. The summed E-state index contributed by atoms with van der Waals surface area (Å²) in [4.78, 5) is 17.0. The van der Waals surface area contributed by atoms with Crippen molar-refractivity contribution in [2.24, 2.45) is 0 Å². The highest BCUT2D eigenvalue weighted by atomic mass is 16.5. The zero-order chi connectivity index (χ0) is 17.8. The van der Waals surface area contributed by atoms with Gasteiger partial charge in [0.2, 0.25) is 0 Å². The molecule has 1 heterocycles. The molecule has 0 radical (unpaired) electrons. The molecular formula is C20H25N3O2. The number of nitrogens with zero attached hydrogens (tertiary/aromatic N) is 2. The number of carbonyl (C=O) groups is 1. The van der Waals surface area contributed by atoms with Crippen LogP contribution in [-0.2, 0) is 6.54 Å². The van der Waals surface area contributed by atoms with Gasteiger partial charge in [-0.1, -0.05) is 18.2 Å². The van der Waals surface area contributed by atoms with E-state index in [4.69, 9.17) is 10.5 Å². The van der Waals surface area contributed by atoms with E-state index < -0.39 is 0 Å². The summed E-state index contributed by atoms with van der Waals surface area (Å²) in [6, 6.07) is 13.6. The van der Waals surface area contributed by atoms with Crippen molar-refractivity contribution in [3.8, 4) is 5.75 Å². The Morgan fingerprint density at radius 3 is 2.56 bits per heavy atom. The van der Waals surface area contributed by atoms with Crippen LogP contribution >= 0.6 is 0 Å². The third kappa shape index (κ3) is 4.12. The summed E-state index contributed by atoms with van der Waals surface area (Å²) in [6.45, 7) is 6.04. The standard InChI is InChI=1S/C20H25N3O2/c1-15-6-7-17(13-19(15)25-2)20(24)23-10-8-22(9-11-23)14-16-4-3-5-18(21)12-16/h3-7,12-13H,8-11,14,21H2,1-2H3. The summed E-state index contributed by atoms with van der Waals surface area (Å²) in [5.41, 5.74) is 9.57. The van der Waals surface area contributed by atoms with E-state index in [2.05, 4.69) is 11.0 Å². The second kappa shape index (κ2) is 7.57. The minimum Gasteiger partial charge on any atom is -0.496 e. The Bertz CT molecular complexity index is 752. The molecule has 2 N–H and O–H groups in total. The first kappa shape index (κ1) is 17.3. The van der Waals surface area contributed by atoms with Crippen molar-refractivity contribution in [1.82, 2.24) is 9.80 Å². The molecule has 0 atom stereocenters. The van der Waals surface area contributed by atoms with Crippen LogP contribution in [0.5, 0.6) is 5.75 Å². The molecule has 1 aliphatic heterocycles. The maximum atomic E-state index is 12.7. The Morgan fingerprint density at radius 1 is 1.12 bits per heavy atom. The van der Waals surface area contributed by atoms with Crippen molar-refractivity contribution in [2.75, 3.05) is 39.0 Å². The number of hydrogen-bond acceptors (Lipinski definition) is 4. The van der Waals surface area contributed by atoms with E-state index in [1.807, 2.05) is 48.2 Å². The number of methoxy groups -OCH3 is 1. The monoisotopic (exact) mass is 339 g/mol. The van der Waals surface area contributed by atoms with E-state index in [-0.39, 0.29) is 5.91 Å². The van der Waals surface area contributed by atoms with Crippen LogP contribution in [-0.4, -0.2) is 49.0 Å². The largest absolute Gasteiger partial charge is 0.496 e. The number of carbonyl (C=O) groups excluding carboxylic acids is 1. The van der Waals surface area contributed by atoms with Crippen LogP contribution < -0.4 is 10.5 Å². The lowest BCUT2D eigenvalue weighted by atomic mass is 10.1. The van der Waals surface area contributed by atoms with Crippen molar-refractivity contribution in [3.63, 3.8) is 0 Å². The molecule has 1 aliphatic rings. The number of rotatable bonds is 4. The third-order valence-corrected chi connectivity index (χ3v) is 4.67. The Hall–Kier alpha value is -2.53. The second-order valence-corrected chi connectivity index (χ2v) is 6.50. The molecule has 0 spiro atoms. The number of benzene rings is 2.